The van der Waals surface area contributed by atoms with Gasteiger partial charge in [-0.15, -0.1) is 0 Å². The van der Waals surface area contributed by atoms with Crippen molar-refractivity contribution in [2.75, 3.05) is 6.61 Å². The molecule has 78 valence electrons. The normalized spacial score (nSPS) is 10.2. The Balaban J connectivity index is 2.21. The maximum atomic E-state index is 11.3. The van der Waals surface area contributed by atoms with Gasteiger partial charge in [-0.25, -0.2) is 9.78 Å². The van der Waals surface area contributed by atoms with Crippen LogP contribution in [0.25, 0.3) is 11.5 Å². The Morgan fingerprint density at radius 3 is 3.20 bits per heavy atom. The topological polar surface area (TPSA) is 52.3 Å². The van der Waals surface area contributed by atoms with Crippen LogP contribution < -0.4 is 0 Å². The molecule has 2 aromatic rings. The molecule has 4 nitrogen and oxygen atoms in total. The molecule has 0 atom stereocenters. The van der Waals surface area contributed by atoms with Gasteiger partial charge in [-0.05, 0) is 18.4 Å². The van der Waals surface area contributed by atoms with Crippen LogP contribution >= 0.6 is 11.3 Å². The van der Waals surface area contributed by atoms with Crippen molar-refractivity contribution < 1.29 is 13.9 Å². The number of carbonyl (C=O) groups is 1. The van der Waals surface area contributed by atoms with E-state index >= 15 is 0 Å². The van der Waals surface area contributed by atoms with Crippen LogP contribution in [0, 0.1) is 0 Å². The number of ether oxygens (including phenoxy) is 1. The van der Waals surface area contributed by atoms with Crippen molar-refractivity contribution in [3.8, 4) is 11.5 Å². The lowest BCUT2D eigenvalue weighted by Gasteiger charge is -1.94. The van der Waals surface area contributed by atoms with Gasteiger partial charge in [0.05, 0.1) is 6.61 Å². The van der Waals surface area contributed by atoms with Gasteiger partial charge in [-0.3, -0.25) is 0 Å². The Morgan fingerprint density at radius 2 is 2.53 bits per heavy atom. The predicted octanol–water partition coefficient (Wildman–Crippen LogP) is 2.58. The fourth-order valence-electron chi connectivity index (χ4n) is 1.09. The van der Waals surface area contributed by atoms with E-state index in [-0.39, 0.29) is 5.69 Å². The summed E-state index contributed by atoms with van der Waals surface area (Å²) in [4.78, 5) is 15.3. The lowest BCUT2D eigenvalue weighted by Crippen LogP contribution is -2.04. The summed E-state index contributed by atoms with van der Waals surface area (Å²) >= 11 is 1.55. The smallest absolute Gasteiger partial charge is 0.360 e. The second kappa shape index (κ2) is 4.27. The first kappa shape index (κ1) is 9.92. The van der Waals surface area contributed by atoms with Crippen molar-refractivity contribution in [1.29, 1.82) is 0 Å². The number of hydrogen-bond donors (Lipinski definition) is 0. The average molecular weight is 223 g/mol. The van der Waals surface area contributed by atoms with E-state index in [4.69, 9.17) is 9.15 Å². The largest absolute Gasteiger partial charge is 0.461 e. The molecular formula is C10H9NO3S. The van der Waals surface area contributed by atoms with E-state index < -0.39 is 5.97 Å². The summed E-state index contributed by atoms with van der Waals surface area (Å²) < 4.78 is 9.97. The minimum Gasteiger partial charge on any atom is -0.461 e. The molecule has 5 heteroatoms. The summed E-state index contributed by atoms with van der Waals surface area (Å²) in [7, 11) is 0. The molecule has 0 fully saturated rings. The molecule has 2 aromatic heterocycles. The maximum Gasteiger partial charge on any atom is 0.360 e. The minimum atomic E-state index is -0.456. The van der Waals surface area contributed by atoms with Gasteiger partial charge in [0.15, 0.2) is 5.69 Å². The van der Waals surface area contributed by atoms with Crippen LogP contribution in [0.1, 0.15) is 17.4 Å². The first-order valence-corrected chi connectivity index (χ1v) is 5.40. The fraction of sp³-hybridized carbons (Fsp3) is 0.200. The molecule has 15 heavy (non-hydrogen) atoms. The number of oxazole rings is 1. The Morgan fingerprint density at radius 1 is 1.67 bits per heavy atom. The quantitative estimate of drug-likeness (QED) is 0.750. The molecule has 0 aromatic carbocycles. The fourth-order valence-corrected chi connectivity index (χ4v) is 1.72. The molecule has 0 aliphatic carbocycles. The van der Waals surface area contributed by atoms with Crippen molar-refractivity contribution in [1.82, 2.24) is 4.98 Å². The predicted molar refractivity (Wildman–Crippen MR) is 55.8 cm³/mol. The number of thiophene rings is 1. The summed E-state index contributed by atoms with van der Waals surface area (Å²) in [5.74, 6) is -0.0120. The van der Waals surface area contributed by atoms with E-state index in [0.29, 0.717) is 12.5 Å². The number of aromatic nitrogens is 1. The maximum absolute atomic E-state index is 11.3. The zero-order valence-electron chi connectivity index (χ0n) is 8.10. The molecule has 0 radical (unpaired) electrons. The SMILES string of the molecule is CCOC(=O)c1coc(-c2ccsc2)n1. The van der Waals surface area contributed by atoms with Crippen LogP contribution in [-0.4, -0.2) is 17.6 Å². The number of carbonyl (C=O) groups excluding carboxylic acids is 1. The first-order chi connectivity index (χ1) is 7.31. The molecule has 0 amide bonds. The highest BCUT2D eigenvalue weighted by Crippen LogP contribution is 2.21. The standard InChI is InChI=1S/C10H9NO3S/c1-2-13-10(12)8-5-14-9(11-8)7-3-4-15-6-7/h3-6H,2H2,1H3. The molecule has 0 N–H and O–H groups in total. The highest BCUT2D eigenvalue weighted by atomic mass is 32.1. The molecule has 0 spiro atoms. The third-order valence-electron chi connectivity index (χ3n) is 1.76. The van der Waals surface area contributed by atoms with Crippen LogP contribution in [0.4, 0.5) is 0 Å². The molecule has 0 saturated carbocycles. The van der Waals surface area contributed by atoms with Gasteiger partial charge in [0, 0.05) is 10.9 Å². The van der Waals surface area contributed by atoms with Crippen LogP contribution in [-0.2, 0) is 4.74 Å². The molecule has 0 aliphatic rings. The lowest BCUT2D eigenvalue weighted by molar-refractivity contribution is 0.0519. The van der Waals surface area contributed by atoms with Crippen molar-refractivity contribution in [3.05, 3.63) is 28.8 Å². The summed E-state index contributed by atoms with van der Waals surface area (Å²) in [6, 6.07) is 1.88. The molecule has 0 unspecified atom stereocenters. The Hall–Kier alpha value is -1.62. The van der Waals surface area contributed by atoms with Crippen molar-refractivity contribution in [3.63, 3.8) is 0 Å². The Bertz CT molecular complexity index is 447. The van der Waals surface area contributed by atoms with Crippen LogP contribution in [0.3, 0.4) is 0 Å². The van der Waals surface area contributed by atoms with E-state index in [9.17, 15) is 4.79 Å². The van der Waals surface area contributed by atoms with E-state index in [1.165, 1.54) is 6.26 Å². The van der Waals surface area contributed by atoms with Crippen LogP contribution in [0.2, 0.25) is 0 Å². The third-order valence-corrected chi connectivity index (χ3v) is 2.44. The van der Waals surface area contributed by atoms with Gasteiger partial charge in [0.2, 0.25) is 5.89 Å². The first-order valence-electron chi connectivity index (χ1n) is 4.46. The summed E-state index contributed by atoms with van der Waals surface area (Å²) in [6.45, 7) is 2.08. The number of esters is 1. The van der Waals surface area contributed by atoms with E-state index in [1.54, 1.807) is 18.3 Å². The lowest BCUT2D eigenvalue weighted by atomic mass is 10.3. The van der Waals surface area contributed by atoms with Crippen molar-refractivity contribution in [2.24, 2.45) is 0 Å². The van der Waals surface area contributed by atoms with Gasteiger partial charge < -0.3 is 9.15 Å². The minimum absolute atomic E-state index is 0.207. The van der Waals surface area contributed by atoms with Gasteiger partial charge in [-0.2, -0.15) is 11.3 Å². The average Bonchev–Trinajstić information content (AvgIpc) is 2.89. The van der Waals surface area contributed by atoms with Gasteiger partial charge in [-0.1, -0.05) is 0 Å². The van der Waals surface area contributed by atoms with E-state index in [2.05, 4.69) is 4.98 Å². The molecule has 2 rings (SSSR count). The second-order valence-electron chi connectivity index (χ2n) is 2.77. The second-order valence-corrected chi connectivity index (χ2v) is 3.55. The summed E-state index contributed by atoms with van der Waals surface area (Å²) in [5.41, 5.74) is 1.08. The van der Waals surface area contributed by atoms with Gasteiger partial charge in [0.25, 0.3) is 0 Å². The summed E-state index contributed by atoms with van der Waals surface area (Å²) in [6.07, 6.45) is 1.31. The van der Waals surface area contributed by atoms with Gasteiger partial charge >= 0.3 is 5.97 Å². The van der Waals surface area contributed by atoms with E-state index in [1.807, 2.05) is 16.8 Å². The van der Waals surface area contributed by atoms with Crippen LogP contribution in [0.5, 0.6) is 0 Å². The highest BCUT2D eigenvalue weighted by Gasteiger charge is 2.13. The van der Waals surface area contributed by atoms with E-state index in [0.717, 1.165) is 5.56 Å². The zero-order chi connectivity index (χ0) is 10.7. The monoisotopic (exact) mass is 223 g/mol. The number of hydrogen-bond acceptors (Lipinski definition) is 5. The molecule has 0 saturated heterocycles. The number of nitrogens with zero attached hydrogens (tertiary/aromatic N) is 1. The molecular weight excluding hydrogens is 214 g/mol. The van der Waals surface area contributed by atoms with Crippen molar-refractivity contribution in [2.45, 2.75) is 6.92 Å². The molecule has 0 aliphatic heterocycles. The highest BCUT2D eigenvalue weighted by molar-refractivity contribution is 7.08. The zero-order valence-corrected chi connectivity index (χ0v) is 8.91. The third kappa shape index (κ3) is 2.07. The Labute approximate surface area is 90.5 Å². The number of rotatable bonds is 3. The van der Waals surface area contributed by atoms with Crippen LogP contribution in [0.15, 0.2) is 27.5 Å². The van der Waals surface area contributed by atoms with Gasteiger partial charge in [0.1, 0.15) is 6.26 Å². The Kier molecular flexibility index (Phi) is 2.82. The molecule has 2 heterocycles. The molecule has 0 bridgehead atoms. The van der Waals surface area contributed by atoms with Crippen molar-refractivity contribution >= 4 is 17.3 Å². The summed E-state index contributed by atoms with van der Waals surface area (Å²) in [5, 5.41) is 3.82.